The number of nitrogens with one attached hydrogen (secondary N) is 1. The van der Waals surface area contributed by atoms with Gasteiger partial charge in [-0.2, -0.15) is 0 Å². The van der Waals surface area contributed by atoms with Crippen LogP contribution in [0.3, 0.4) is 0 Å². The summed E-state index contributed by atoms with van der Waals surface area (Å²) in [5.41, 5.74) is 1.12. The molecule has 1 heterocycles. The van der Waals surface area contributed by atoms with E-state index < -0.39 is 23.7 Å². The lowest BCUT2D eigenvalue weighted by molar-refractivity contribution is -0.145. The second-order valence-corrected chi connectivity index (χ2v) is 7.27. The van der Waals surface area contributed by atoms with Gasteiger partial charge in [-0.15, -0.1) is 0 Å². The standard InChI is InChI=1S/C23H22ClFN2O6/c1-3-31-19-11-15(9-17(24)21(19)33-13-20(28)32-4-2)10-18-22(29)27(23(30)26-18)12-14-5-7-16(25)8-6-14/h5-11H,3-4,12-13H2,1-2H3,(H,26,30). The number of esters is 1. The fraction of sp³-hybridized carbons (Fsp3) is 0.261. The Morgan fingerprint density at radius 1 is 1.12 bits per heavy atom. The Kier molecular flexibility index (Phi) is 7.89. The van der Waals surface area contributed by atoms with Crippen molar-refractivity contribution in [1.82, 2.24) is 10.2 Å². The Balaban J connectivity index is 1.81. The van der Waals surface area contributed by atoms with Crippen LogP contribution in [0.25, 0.3) is 6.08 Å². The van der Waals surface area contributed by atoms with Gasteiger partial charge in [-0.05, 0) is 55.3 Å². The molecule has 3 amide bonds. The topological polar surface area (TPSA) is 94.2 Å². The van der Waals surface area contributed by atoms with Gasteiger partial charge in [0.15, 0.2) is 18.1 Å². The largest absolute Gasteiger partial charge is 0.490 e. The first-order valence-electron chi connectivity index (χ1n) is 10.2. The molecular weight excluding hydrogens is 455 g/mol. The molecule has 1 saturated heterocycles. The van der Waals surface area contributed by atoms with Crippen molar-refractivity contribution in [2.75, 3.05) is 19.8 Å². The number of imide groups is 1. The lowest BCUT2D eigenvalue weighted by Gasteiger charge is -2.14. The number of carbonyl (C=O) groups is 3. The summed E-state index contributed by atoms with van der Waals surface area (Å²) < 4.78 is 29.0. The molecule has 3 rings (SSSR count). The molecule has 10 heteroatoms. The Hall–Kier alpha value is -3.59. The van der Waals surface area contributed by atoms with Crippen molar-refractivity contribution in [3.05, 3.63) is 64.1 Å². The lowest BCUT2D eigenvalue weighted by atomic mass is 10.1. The van der Waals surface area contributed by atoms with Gasteiger partial charge in [-0.25, -0.2) is 14.0 Å². The van der Waals surface area contributed by atoms with Gasteiger partial charge in [0.05, 0.1) is 24.8 Å². The van der Waals surface area contributed by atoms with Crippen LogP contribution in [-0.4, -0.2) is 42.6 Å². The van der Waals surface area contributed by atoms with Crippen molar-refractivity contribution in [2.24, 2.45) is 0 Å². The van der Waals surface area contributed by atoms with Crippen LogP contribution in [0.2, 0.25) is 5.02 Å². The number of hydrogen-bond donors (Lipinski definition) is 1. The van der Waals surface area contributed by atoms with Gasteiger partial charge < -0.3 is 19.5 Å². The second-order valence-electron chi connectivity index (χ2n) is 6.86. The van der Waals surface area contributed by atoms with E-state index in [1.54, 1.807) is 19.9 Å². The molecule has 8 nitrogen and oxygen atoms in total. The molecule has 33 heavy (non-hydrogen) atoms. The molecule has 2 aromatic carbocycles. The summed E-state index contributed by atoms with van der Waals surface area (Å²) in [6, 6.07) is 8.01. The van der Waals surface area contributed by atoms with E-state index in [0.717, 1.165) is 4.90 Å². The molecule has 2 aromatic rings. The van der Waals surface area contributed by atoms with E-state index in [1.807, 2.05) is 0 Å². The summed E-state index contributed by atoms with van der Waals surface area (Å²) in [6.07, 6.45) is 1.45. The molecule has 1 N–H and O–H groups in total. The summed E-state index contributed by atoms with van der Waals surface area (Å²) >= 11 is 6.33. The predicted octanol–water partition coefficient (Wildman–Crippen LogP) is 3.91. The van der Waals surface area contributed by atoms with Crippen LogP contribution in [-0.2, 0) is 20.9 Å². The first kappa shape index (κ1) is 24.1. The molecule has 0 spiro atoms. The van der Waals surface area contributed by atoms with Gasteiger partial charge in [0, 0.05) is 0 Å². The summed E-state index contributed by atoms with van der Waals surface area (Å²) in [5.74, 6) is -1.08. The molecular formula is C23H22ClFN2O6. The summed E-state index contributed by atoms with van der Waals surface area (Å²) in [4.78, 5) is 37.7. The van der Waals surface area contributed by atoms with Crippen LogP contribution < -0.4 is 14.8 Å². The first-order valence-corrected chi connectivity index (χ1v) is 10.5. The quantitative estimate of drug-likeness (QED) is 0.335. The SMILES string of the molecule is CCOC(=O)COc1c(Cl)cc(C=C2NC(=O)N(Cc3ccc(F)cc3)C2=O)cc1OCC. The van der Waals surface area contributed by atoms with Gasteiger partial charge in [0.1, 0.15) is 11.5 Å². The van der Waals surface area contributed by atoms with Crippen molar-refractivity contribution in [1.29, 1.82) is 0 Å². The van der Waals surface area contributed by atoms with Gasteiger partial charge in [0.25, 0.3) is 5.91 Å². The van der Waals surface area contributed by atoms with Crippen molar-refractivity contribution in [2.45, 2.75) is 20.4 Å². The van der Waals surface area contributed by atoms with Crippen LogP contribution in [0.4, 0.5) is 9.18 Å². The highest BCUT2D eigenvalue weighted by molar-refractivity contribution is 6.32. The maximum Gasteiger partial charge on any atom is 0.344 e. The maximum atomic E-state index is 13.1. The number of amides is 3. The fourth-order valence-electron chi connectivity index (χ4n) is 3.06. The third-order valence-corrected chi connectivity index (χ3v) is 4.78. The van der Waals surface area contributed by atoms with E-state index in [0.29, 0.717) is 17.7 Å². The van der Waals surface area contributed by atoms with Gasteiger partial charge in [-0.1, -0.05) is 23.7 Å². The van der Waals surface area contributed by atoms with E-state index >= 15 is 0 Å². The third kappa shape index (κ3) is 6.01. The number of nitrogens with zero attached hydrogens (tertiary/aromatic N) is 1. The highest BCUT2D eigenvalue weighted by Crippen LogP contribution is 2.37. The van der Waals surface area contributed by atoms with Crippen LogP contribution in [0.15, 0.2) is 42.1 Å². The van der Waals surface area contributed by atoms with E-state index in [2.05, 4.69) is 5.32 Å². The molecule has 1 fully saturated rings. The number of urea groups is 1. The zero-order chi connectivity index (χ0) is 24.0. The minimum atomic E-state index is -0.596. The average molecular weight is 477 g/mol. The lowest BCUT2D eigenvalue weighted by Crippen LogP contribution is -2.30. The minimum Gasteiger partial charge on any atom is -0.490 e. The van der Waals surface area contributed by atoms with Crippen LogP contribution in [0.1, 0.15) is 25.0 Å². The molecule has 0 radical (unpaired) electrons. The number of halogens is 2. The number of carbonyl (C=O) groups excluding carboxylic acids is 3. The molecule has 0 unspecified atom stereocenters. The molecule has 0 saturated carbocycles. The highest BCUT2D eigenvalue weighted by Gasteiger charge is 2.33. The van der Waals surface area contributed by atoms with E-state index in [9.17, 15) is 18.8 Å². The molecule has 0 atom stereocenters. The summed E-state index contributed by atoms with van der Waals surface area (Å²) in [7, 11) is 0. The highest BCUT2D eigenvalue weighted by atomic mass is 35.5. The Bertz CT molecular complexity index is 1090. The Labute approximate surface area is 194 Å². The molecule has 1 aliphatic rings. The second kappa shape index (κ2) is 10.8. The van der Waals surface area contributed by atoms with Crippen molar-refractivity contribution in [3.8, 4) is 11.5 Å². The minimum absolute atomic E-state index is 0.00608. The zero-order valence-electron chi connectivity index (χ0n) is 18.0. The zero-order valence-corrected chi connectivity index (χ0v) is 18.8. The smallest absolute Gasteiger partial charge is 0.344 e. The first-order chi connectivity index (χ1) is 15.8. The van der Waals surface area contributed by atoms with Gasteiger partial charge >= 0.3 is 12.0 Å². The normalized spacial score (nSPS) is 14.4. The number of rotatable bonds is 9. The fourth-order valence-corrected chi connectivity index (χ4v) is 3.34. The average Bonchev–Trinajstić information content (AvgIpc) is 3.02. The number of hydrogen-bond acceptors (Lipinski definition) is 6. The van der Waals surface area contributed by atoms with Crippen LogP contribution in [0.5, 0.6) is 11.5 Å². The van der Waals surface area contributed by atoms with Crippen molar-refractivity contribution in [3.63, 3.8) is 0 Å². The van der Waals surface area contributed by atoms with E-state index in [1.165, 1.54) is 36.4 Å². The molecule has 0 aliphatic carbocycles. The third-order valence-electron chi connectivity index (χ3n) is 4.50. The van der Waals surface area contributed by atoms with Gasteiger partial charge in [0.2, 0.25) is 0 Å². The molecule has 1 aliphatic heterocycles. The van der Waals surface area contributed by atoms with E-state index in [4.69, 9.17) is 25.8 Å². The molecule has 174 valence electrons. The number of ether oxygens (including phenoxy) is 3. The Morgan fingerprint density at radius 3 is 2.52 bits per heavy atom. The maximum absolute atomic E-state index is 13.1. The molecule has 0 bridgehead atoms. The summed E-state index contributed by atoms with van der Waals surface area (Å²) in [6.45, 7) is 3.62. The summed E-state index contributed by atoms with van der Waals surface area (Å²) in [5, 5.41) is 2.67. The molecule has 0 aromatic heterocycles. The van der Waals surface area contributed by atoms with Crippen molar-refractivity contribution < 1.29 is 33.0 Å². The van der Waals surface area contributed by atoms with Crippen molar-refractivity contribution >= 4 is 35.6 Å². The monoisotopic (exact) mass is 476 g/mol. The van der Waals surface area contributed by atoms with Crippen LogP contribution in [0, 0.1) is 5.82 Å². The van der Waals surface area contributed by atoms with Crippen LogP contribution >= 0.6 is 11.6 Å². The van der Waals surface area contributed by atoms with E-state index in [-0.39, 0.29) is 42.0 Å². The predicted molar refractivity (Wildman–Crippen MR) is 118 cm³/mol. The Morgan fingerprint density at radius 2 is 1.85 bits per heavy atom. The van der Waals surface area contributed by atoms with Gasteiger partial charge in [-0.3, -0.25) is 9.69 Å². The number of benzene rings is 2.